The molecule has 0 saturated carbocycles. The maximum absolute atomic E-state index is 12.2. The molecule has 0 aliphatic heterocycles. The number of nitrogens with one attached hydrogen (secondary N) is 1. The third kappa shape index (κ3) is 4.93. The SMILES string of the molecule is COc1cc(/C=C/C(=O)Nc2nnc(-c3cccc(SC)c3)o2)cc(OC)c1OC. The molecule has 3 aromatic rings. The van der Waals surface area contributed by atoms with E-state index in [0.29, 0.717) is 28.7 Å². The molecule has 0 fully saturated rings. The maximum Gasteiger partial charge on any atom is 0.322 e. The number of benzene rings is 2. The zero-order chi connectivity index (χ0) is 21.5. The summed E-state index contributed by atoms with van der Waals surface area (Å²) in [4.78, 5) is 13.3. The zero-order valence-corrected chi connectivity index (χ0v) is 17.8. The molecule has 0 saturated heterocycles. The molecule has 1 aromatic heterocycles. The van der Waals surface area contributed by atoms with E-state index in [-0.39, 0.29) is 6.01 Å². The summed E-state index contributed by atoms with van der Waals surface area (Å²) in [6.07, 6.45) is 4.94. The largest absolute Gasteiger partial charge is 0.493 e. The molecular weight excluding hydrogens is 406 g/mol. The summed E-state index contributed by atoms with van der Waals surface area (Å²) in [6.45, 7) is 0. The van der Waals surface area contributed by atoms with E-state index in [4.69, 9.17) is 18.6 Å². The number of hydrogen-bond donors (Lipinski definition) is 1. The van der Waals surface area contributed by atoms with Crippen LogP contribution < -0.4 is 19.5 Å². The highest BCUT2D eigenvalue weighted by molar-refractivity contribution is 7.98. The number of aromatic nitrogens is 2. The molecule has 0 spiro atoms. The molecule has 8 nitrogen and oxygen atoms in total. The number of carbonyl (C=O) groups excluding carboxylic acids is 1. The van der Waals surface area contributed by atoms with Crippen molar-refractivity contribution in [3.8, 4) is 28.7 Å². The number of anilines is 1. The molecule has 2 aromatic carbocycles. The van der Waals surface area contributed by atoms with Crippen molar-refractivity contribution < 1.29 is 23.4 Å². The lowest BCUT2D eigenvalue weighted by atomic mass is 10.1. The molecule has 1 heterocycles. The van der Waals surface area contributed by atoms with Crippen molar-refractivity contribution in [1.82, 2.24) is 10.2 Å². The molecule has 156 valence electrons. The number of amides is 1. The Bertz CT molecular complexity index is 1040. The van der Waals surface area contributed by atoms with Gasteiger partial charge in [-0.1, -0.05) is 11.2 Å². The Kier molecular flexibility index (Phi) is 6.97. The standard InChI is InChI=1S/C21H21N3O5S/c1-26-16-10-13(11-17(27-2)19(16)28-3)8-9-18(25)22-21-24-23-20(29-21)14-6-5-7-15(12-14)30-4/h5-12H,1-4H3,(H,22,24,25)/b9-8+. The van der Waals surface area contributed by atoms with Crippen LogP contribution in [0.1, 0.15) is 5.56 Å². The van der Waals surface area contributed by atoms with Gasteiger partial charge in [-0.05, 0) is 48.2 Å². The fourth-order valence-electron chi connectivity index (χ4n) is 2.66. The van der Waals surface area contributed by atoms with Crippen molar-refractivity contribution in [2.75, 3.05) is 32.9 Å². The van der Waals surface area contributed by atoms with Gasteiger partial charge in [0.1, 0.15) is 0 Å². The molecule has 1 amide bonds. The first-order chi connectivity index (χ1) is 14.6. The molecule has 30 heavy (non-hydrogen) atoms. The molecule has 0 unspecified atom stereocenters. The summed E-state index contributed by atoms with van der Waals surface area (Å²) in [7, 11) is 4.58. The lowest BCUT2D eigenvalue weighted by Crippen LogP contribution is -2.07. The first-order valence-electron chi connectivity index (χ1n) is 8.85. The van der Waals surface area contributed by atoms with Crippen LogP contribution >= 0.6 is 11.8 Å². The lowest BCUT2D eigenvalue weighted by Gasteiger charge is -2.12. The Morgan fingerprint density at radius 2 is 1.80 bits per heavy atom. The van der Waals surface area contributed by atoms with E-state index in [0.717, 1.165) is 10.5 Å². The van der Waals surface area contributed by atoms with E-state index in [9.17, 15) is 4.79 Å². The highest BCUT2D eigenvalue weighted by atomic mass is 32.2. The predicted molar refractivity (Wildman–Crippen MR) is 115 cm³/mol. The third-order valence-electron chi connectivity index (χ3n) is 4.09. The molecule has 0 atom stereocenters. The van der Waals surface area contributed by atoms with E-state index in [1.165, 1.54) is 27.4 Å². The number of carbonyl (C=O) groups is 1. The first kappa shape index (κ1) is 21.3. The van der Waals surface area contributed by atoms with E-state index in [2.05, 4.69) is 15.5 Å². The van der Waals surface area contributed by atoms with Crippen molar-refractivity contribution in [3.63, 3.8) is 0 Å². The van der Waals surface area contributed by atoms with Crippen LogP contribution in [0.3, 0.4) is 0 Å². The minimum atomic E-state index is -0.420. The van der Waals surface area contributed by atoms with Crippen LogP contribution in [0.25, 0.3) is 17.5 Å². The number of hydrogen-bond acceptors (Lipinski definition) is 8. The predicted octanol–water partition coefficient (Wildman–Crippen LogP) is 4.14. The Balaban J connectivity index is 1.72. The van der Waals surface area contributed by atoms with Crippen LogP contribution in [0.15, 0.2) is 51.8 Å². The summed E-state index contributed by atoms with van der Waals surface area (Å²) in [5, 5.41) is 10.4. The van der Waals surface area contributed by atoms with Gasteiger partial charge in [0.05, 0.1) is 21.3 Å². The molecule has 0 aliphatic carbocycles. The maximum atomic E-state index is 12.2. The minimum absolute atomic E-state index is 0.0131. The Morgan fingerprint density at radius 1 is 1.07 bits per heavy atom. The molecule has 0 aliphatic rings. The van der Waals surface area contributed by atoms with Crippen molar-refractivity contribution in [2.45, 2.75) is 4.90 Å². The second kappa shape index (κ2) is 9.84. The lowest BCUT2D eigenvalue weighted by molar-refractivity contribution is -0.112. The average Bonchev–Trinajstić information content (AvgIpc) is 3.25. The fourth-order valence-corrected chi connectivity index (χ4v) is 3.12. The number of ether oxygens (including phenoxy) is 3. The summed E-state index contributed by atoms with van der Waals surface area (Å²) in [6, 6.07) is 11.2. The molecule has 0 bridgehead atoms. The Hall–Kier alpha value is -3.46. The van der Waals surface area contributed by atoms with Gasteiger partial charge in [0.15, 0.2) is 11.5 Å². The van der Waals surface area contributed by atoms with Crippen molar-refractivity contribution >= 4 is 29.8 Å². The summed E-state index contributed by atoms with van der Waals surface area (Å²) in [5.41, 5.74) is 1.47. The highest BCUT2D eigenvalue weighted by Gasteiger charge is 2.13. The third-order valence-corrected chi connectivity index (χ3v) is 4.81. The van der Waals surface area contributed by atoms with Crippen LogP contribution in [0.2, 0.25) is 0 Å². The van der Waals surface area contributed by atoms with Crippen LogP contribution in [0.5, 0.6) is 17.2 Å². The minimum Gasteiger partial charge on any atom is -0.493 e. The van der Waals surface area contributed by atoms with E-state index in [1.54, 1.807) is 30.0 Å². The zero-order valence-electron chi connectivity index (χ0n) is 17.0. The Morgan fingerprint density at radius 3 is 2.43 bits per heavy atom. The van der Waals surface area contributed by atoms with Crippen molar-refractivity contribution in [2.24, 2.45) is 0 Å². The van der Waals surface area contributed by atoms with Gasteiger partial charge >= 0.3 is 6.01 Å². The quantitative estimate of drug-likeness (QED) is 0.423. The summed E-state index contributed by atoms with van der Waals surface area (Å²) < 4.78 is 21.4. The molecule has 9 heteroatoms. The second-order valence-electron chi connectivity index (χ2n) is 5.93. The highest BCUT2D eigenvalue weighted by Crippen LogP contribution is 2.38. The number of thioether (sulfide) groups is 1. The monoisotopic (exact) mass is 427 g/mol. The topological polar surface area (TPSA) is 95.7 Å². The van der Waals surface area contributed by atoms with Crippen molar-refractivity contribution in [1.29, 1.82) is 0 Å². The summed E-state index contributed by atoms with van der Waals surface area (Å²) in [5.74, 6) is 1.37. The van der Waals surface area contributed by atoms with Crippen LogP contribution in [-0.2, 0) is 4.79 Å². The van der Waals surface area contributed by atoms with Gasteiger partial charge in [-0.3, -0.25) is 10.1 Å². The van der Waals surface area contributed by atoms with E-state index in [1.807, 2.05) is 30.5 Å². The van der Waals surface area contributed by atoms with Crippen molar-refractivity contribution in [3.05, 3.63) is 48.0 Å². The molecule has 0 radical (unpaired) electrons. The van der Waals surface area contributed by atoms with Crippen LogP contribution in [0.4, 0.5) is 6.01 Å². The van der Waals surface area contributed by atoms with Crippen LogP contribution in [-0.4, -0.2) is 43.7 Å². The molecule has 3 rings (SSSR count). The number of nitrogens with zero attached hydrogens (tertiary/aromatic N) is 2. The summed E-state index contributed by atoms with van der Waals surface area (Å²) >= 11 is 1.61. The first-order valence-corrected chi connectivity index (χ1v) is 10.1. The van der Waals surface area contributed by atoms with Gasteiger partial charge in [0.2, 0.25) is 11.6 Å². The fraction of sp³-hybridized carbons (Fsp3) is 0.190. The normalized spacial score (nSPS) is 10.8. The number of methoxy groups -OCH3 is 3. The molecular formula is C21H21N3O5S. The Labute approximate surface area is 178 Å². The van der Waals surface area contributed by atoms with E-state index < -0.39 is 5.91 Å². The van der Waals surface area contributed by atoms with Gasteiger partial charge in [0.25, 0.3) is 5.91 Å². The van der Waals surface area contributed by atoms with Crippen LogP contribution in [0, 0.1) is 0 Å². The van der Waals surface area contributed by atoms with Gasteiger partial charge in [-0.2, -0.15) is 0 Å². The van der Waals surface area contributed by atoms with Gasteiger partial charge in [-0.25, -0.2) is 0 Å². The average molecular weight is 427 g/mol. The van der Waals surface area contributed by atoms with Gasteiger partial charge in [-0.15, -0.1) is 16.9 Å². The number of rotatable bonds is 8. The van der Waals surface area contributed by atoms with Gasteiger partial charge in [0, 0.05) is 16.5 Å². The molecule has 1 N–H and O–H groups in total. The van der Waals surface area contributed by atoms with E-state index >= 15 is 0 Å². The second-order valence-corrected chi connectivity index (χ2v) is 6.81. The van der Waals surface area contributed by atoms with Gasteiger partial charge < -0.3 is 18.6 Å². The smallest absolute Gasteiger partial charge is 0.322 e.